The molecule has 1 aromatic heterocycles. The van der Waals surface area contributed by atoms with Gasteiger partial charge in [-0.3, -0.25) is 14.6 Å². The lowest BCUT2D eigenvalue weighted by atomic mass is 9.94. The van der Waals surface area contributed by atoms with Crippen molar-refractivity contribution in [1.29, 1.82) is 0 Å². The summed E-state index contributed by atoms with van der Waals surface area (Å²) in [4.78, 5) is 40.5. The number of hydrogen-bond donors (Lipinski definition) is 2. The zero-order valence-electron chi connectivity index (χ0n) is 13.9. The lowest BCUT2D eigenvalue weighted by Crippen LogP contribution is -2.38. The highest BCUT2D eigenvalue weighted by Crippen LogP contribution is 2.29. The van der Waals surface area contributed by atoms with Crippen molar-refractivity contribution in [3.8, 4) is 0 Å². The first-order valence-corrected chi connectivity index (χ1v) is 8.83. The number of H-pyrrole nitrogens is 1. The zero-order chi connectivity index (χ0) is 17.4. The Labute approximate surface area is 144 Å². The van der Waals surface area contributed by atoms with Gasteiger partial charge in [-0.05, 0) is 31.0 Å². The van der Waals surface area contributed by atoms with Gasteiger partial charge >= 0.3 is 5.76 Å². The third-order valence-electron chi connectivity index (χ3n) is 5.23. The molecule has 1 aliphatic carbocycles. The Balaban J connectivity index is 1.43. The van der Waals surface area contributed by atoms with Crippen molar-refractivity contribution in [3.05, 3.63) is 28.7 Å². The van der Waals surface area contributed by atoms with Crippen LogP contribution in [0.4, 0.5) is 5.69 Å². The van der Waals surface area contributed by atoms with Crippen molar-refractivity contribution in [2.45, 2.75) is 44.6 Å². The molecule has 1 unspecified atom stereocenters. The fourth-order valence-corrected chi connectivity index (χ4v) is 3.93. The highest BCUT2D eigenvalue weighted by atomic mass is 16.4. The summed E-state index contributed by atoms with van der Waals surface area (Å²) in [6.45, 7) is 0.500. The van der Waals surface area contributed by atoms with Crippen LogP contribution in [0.25, 0.3) is 11.1 Å². The van der Waals surface area contributed by atoms with Gasteiger partial charge in [-0.25, -0.2) is 4.79 Å². The number of likely N-dealkylation sites (tertiary alicyclic amines) is 1. The number of aromatic nitrogens is 1. The van der Waals surface area contributed by atoms with E-state index in [0.717, 1.165) is 25.7 Å². The average molecular weight is 343 g/mol. The molecule has 0 radical (unpaired) electrons. The van der Waals surface area contributed by atoms with Gasteiger partial charge in [-0.15, -0.1) is 0 Å². The number of hydrogen-bond acceptors (Lipinski definition) is 4. The summed E-state index contributed by atoms with van der Waals surface area (Å²) in [6.07, 6.45) is 5.92. The standard InChI is InChI=1S/C18H21N3O4/c22-16-8-11(10-21(16)13-4-2-1-3-5-13)17(23)19-12-6-7-15-14(9-12)20-18(24)25-15/h6-7,9,11,13H,1-5,8,10H2,(H,19,23)(H,20,24). The van der Waals surface area contributed by atoms with Crippen molar-refractivity contribution < 1.29 is 14.0 Å². The molecule has 2 aliphatic rings. The summed E-state index contributed by atoms with van der Waals surface area (Å²) in [5.41, 5.74) is 1.56. The Morgan fingerprint density at radius 3 is 2.80 bits per heavy atom. The summed E-state index contributed by atoms with van der Waals surface area (Å²) in [5.74, 6) is -0.921. The molecule has 1 saturated heterocycles. The Kier molecular flexibility index (Phi) is 4.07. The molecule has 2 fully saturated rings. The van der Waals surface area contributed by atoms with Gasteiger partial charge in [-0.1, -0.05) is 19.3 Å². The molecular formula is C18H21N3O4. The molecule has 1 aliphatic heterocycles. The van der Waals surface area contributed by atoms with Crippen LogP contribution in [0.15, 0.2) is 27.4 Å². The van der Waals surface area contributed by atoms with E-state index in [1.807, 2.05) is 4.90 Å². The second kappa shape index (κ2) is 6.38. The van der Waals surface area contributed by atoms with E-state index >= 15 is 0 Å². The summed E-state index contributed by atoms with van der Waals surface area (Å²) < 4.78 is 4.95. The molecule has 0 bridgehead atoms. The van der Waals surface area contributed by atoms with Crippen LogP contribution in [0.5, 0.6) is 0 Å². The first kappa shape index (κ1) is 15.9. The summed E-state index contributed by atoms with van der Waals surface area (Å²) in [7, 11) is 0. The second-order valence-electron chi connectivity index (χ2n) is 6.95. The zero-order valence-corrected chi connectivity index (χ0v) is 13.9. The number of nitrogens with zero attached hydrogens (tertiary/aromatic N) is 1. The lowest BCUT2D eigenvalue weighted by Gasteiger charge is -2.31. The molecule has 1 atom stereocenters. The number of rotatable bonds is 3. The molecule has 2 N–H and O–H groups in total. The fourth-order valence-electron chi connectivity index (χ4n) is 3.93. The third kappa shape index (κ3) is 3.18. The van der Waals surface area contributed by atoms with Crippen LogP contribution in [0.3, 0.4) is 0 Å². The quantitative estimate of drug-likeness (QED) is 0.893. The van der Waals surface area contributed by atoms with Crippen molar-refractivity contribution in [2.24, 2.45) is 5.92 Å². The Bertz CT molecular complexity index is 863. The lowest BCUT2D eigenvalue weighted by molar-refractivity contribution is -0.130. The van der Waals surface area contributed by atoms with E-state index < -0.39 is 5.76 Å². The first-order chi connectivity index (χ1) is 12.1. The second-order valence-corrected chi connectivity index (χ2v) is 6.95. The maximum absolute atomic E-state index is 12.5. The van der Waals surface area contributed by atoms with E-state index in [-0.39, 0.29) is 24.2 Å². The van der Waals surface area contributed by atoms with E-state index in [1.54, 1.807) is 18.2 Å². The van der Waals surface area contributed by atoms with Gasteiger partial charge in [0, 0.05) is 24.7 Å². The van der Waals surface area contributed by atoms with Gasteiger partial charge in [-0.2, -0.15) is 0 Å². The molecule has 2 amide bonds. The van der Waals surface area contributed by atoms with E-state index in [4.69, 9.17) is 4.42 Å². The SMILES string of the molecule is O=C(Nc1ccc2oc(=O)[nH]c2c1)C1CC(=O)N(C2CCCCC2)C1. The predicted octanol–water partition coefficient (Wildman–Crippen LogP) is 2.24. The van der Waals surface area contributed by atoms with Gasteiger partial charge in [0.2, 0.25) is 11.8 Å². The molecular weight excluding hydrogens is 322 g/mol. The number of oxazole rings is 1. The van der Waals surface area contributed by atoms with Crippen LogP contribution >= 0.6 is 0 Å². The van der Waals surface area contributed by atoms with Crippen LogP contribution in [0.2, 0.25) is 0 Å². The highest BCUT2D eigenvalue weighted by molar-refractivity contribution is 5.98. The molecule has 4 rings (SSSR count). The maximum atomic E-state index is 12.5. The number of benzene rings is 1. The van der Waals surface area contributed by atoms with Crippen molar-refractivity contribution in [1.82, 2.24) is 9.88 Å². The fraction of sp³-hybridized carbons (Fsp3) is 0.500. The topological polar surface area (TPSA) is 95.4 Å². The van der Waals surface area contributed by atoms with Gasteiger partial charge in [0.25, 0.3) is 0 Å². The van der Waals surface area contributed by atoms with Gasteiger partial charge in [0.15, 0.2) is 5.58 Å². The molecule has 25 heavy (non-hydrogen) atoms. The molecule has 0 spiro atoms. The number of amides is 2. The number of carbonyl (C=O) groups is 2. The average Bonchev–Trinajstić information content (AvgIpc) is 3.17. The van der Waals surface area contributed by atoms with E-state index in [2.05, 4.69) is 10.3 Å². The summed E-state index contributed by atoms with van der Waals surface area (Å²) >= 11 is 0. The molecule has 7 heteroatoms. The Morgan fingerprint density at radius 2 is 2.00 bits per heavy atom. The molecule has 1 aromatic carbocycles. The van der Waals surface area contributed by atoms with Gasteiger partial charge in [0.05, 0.1) is 11.4 Å². The minimum atomic E-state index is -0.525. The molecule has 7 nitrogen and oxygen atoms in total. The number of carbonyl (C=O) groups excluding carboxylic acids is 2. The minimum Gasteiger partial charge on any atom is -0.408 e. The monoisotopic (exact) mass is 343 g/mol. The van der Waals surface area contributed by atoms with Crippen LogP contribution < -0.4 is 11.1 Å². The van der Waals surface area contributed by atoms with Crippen LogP contribution in [0, 0.1) is 5.92 Å². The van der Waals surface area contributed by atoms with Gasteiger partial charge < -0.3 is 14.6 Å². The smallest absolute Gasteiger partial charge is 0.408 e. The minimum absolute atomic E-state index is 0.0849. The maximum Gasteiger partial charge on any atom is 0.417 e. The van der Waals surface area contributed by atoms with E-state index in [0.29, 0.717) is 29.4 Å². The summed E-state index contributed by atoms with van der Waals surface area (Å²) in [5, 5.41) is 2.85. The van der Waals surface area contributed by atoms with Gasteiger partial charge in [0.1, 0.15) is 0 Å². The summed E-state index contributed by atoms with van der Waals surface area (Å²) in [6, 6.07) is 5.28. The predicted molar refractivity (Wildman–Crippen MR) is 92.2 cm³/mol. The van der Waals surface area contributed by atoms with Crippen molar-refractivity contribution >= 4 is 28.6 Å². The number of anilines is 1. The largest absolute Gasteiger partial charge is 0.417 e. The molecule has 132 valence electrons. The number of fused-ring (bicyclic) bond motifs is 1. The van der Waals surface area contributed by atoms with Crippen molar-refractivity contribution in [3.63, 3.8) is 0 Å². The third-order valence-corrected chi connectivity index (χ3v) is 5.23. The molecule has 1 saturated carbocycles. The molecule has 2 heterocycles. The number of nitrogens with one attached hydrogen (secondary N) is 2. The highest BCUT2D eigenvalue weighted by Gasteiger charge is 2.38. The Morgan fingerprint density at radius 1 is 1.20 bits per heavy atom. The number of aromatic amines is 1. The van der Waals surface area contributed by atoms with Crippen LogP contribution in [-0.4, -0.2) is 34.3 Å². The van der Waals surface area contributed by atoms with Crippen molar-refractivity contribution in [2.75, 3.05) is 11.9 Å². The van der Waals surface area contributed by atoms with E-state index in [1.165, 1.54) is 6.42 Å². The normalized spacial score (nSPS) is 21.8. The van der Waals surface area contributed by atoms with Crippen LogP contribution in [0.1, 0.15) is 38.5 Å². The Hall–Kier alpha value is -2.57. The van der Waals surface area contributed by atoms with E-state index in [9.17, 15) is 14.4 Å². The van der Waals surface area contributed by atoms with Crippen LogP contribution in [-0.2, 0) is 9.59 Å². The first-order valence-electron chi connectivity index (χ1n) is 8.83. The molecule has 2 aromatic rings.